The van der Waals surface area contributed by atoms with Crippen molar-refractivity contribution >= 4 is 29.2 Å². The third-order valence-electron chi connectivity index (χ3n) is 1.75. The summed E-state index contributed by atoms with van der Waals surface area (Å²) in [7, 11) is 0. The summed E-state index contributed by atoms with van der Waals surface area (Å²) < 4.78 is 25.9. The molecule has 0 aliphatic heterocycles. The van der Waals surface area contributed by atoms with Crippen molar-refractivity contribution in [2.75, 3.05) is 11.2 Å². The van der Waals surface area contributed by atoms with Crippen molar-refractivity contribution in [1.82, 2.24) is 5.32 Å². The van der Waals surface area contributed by atoms with Crippen molar-refractivity contribution in [3.05, 3.63) is 29.8 Å². The molecule has 0 aliphatic carbocycles. The lowest BCUT2D eigenvalue weighted by Gasteiger charge is -2.06. The molecule has 0 heterocycles. The third-order valence-corrected chi connectivity index (χ3v) is 1.94. The fourth-order valence-electron chi connectivity index (χ4n) is 1.02. The van der Waals surface area contributed by atoms with Crippen LogP contribution >= 0.6 is 11.6 Å². The van der Waals surface area contributed by atoms with Crippen LogP contribution < -0.4 is 10.6 Å². The molecule has 1 aromatic rings. The van der Waals surface area contributed by atoms with Gasteiger partial charge in [0, 0.05) is 18.4 Å². The predicted octanol–water partition coefficient (Wildman–Crippen LogP) is 2.24. The lowest BCUT2D eigenvalue weighted by molar-refractivity contribution is -0.119. The Labute approximate surface area is 101 Å². The van der Waals surface area contributed by atoms with Crippen LogP contribution in [0.3, 0.4) is 0 Å². The van der Waals surface area contributed by atoms with Gasteiger partial charge in [0.15, 0.2) is 0 Å². The van der Waals surface area contributed by atoms with Crippen LogP contribution in [0.5, 0.6) is 0 Å². The zero-order valence-electron chi connectivity index (χ0n) is 8.60. The fourth-order valence-corrected chi connectivity index (χ4v) is 1.19. The minimum absolute atomic E-state index is 0.0411. The average molecular weight is 263 g/mol. The molecule has 0 unspecified atom stereocenters. The number of imide groups is 1. The highest BCUT2D eigenvalue weighted by molar-refractivity contribution is 6.19. The highest BCUT2D eigenvalue weighted by Gasteiger charge is 2.10. The second kappa shape index (κ2) is 6.15. The third kappa shape index (κ3) is 4.36. The van der Waals surface area contributed by atoms with Crippen LogP contribution in [0.4, 0.5) is 19.3 Å². The SMILES string of the molecule is O=C(CCCl)NC(=O)Nc1cc(F)ccc1F. The molecule has 0 spiro atoms. The van der Waals surface area contributed by atoms with Gasteiger partial charge in [-0.05, 0) is 12.1 Å². The molecule has 0 fully saturated rings. The van der Waals surface area contributed by atoms with E-state index in [9.17, 15) is 18.4 Å². The van der Waals surface area contributed by atoms with Crippen LogP contribution in [-0.2, 0) is 4.79 Å². The molecule has 92 valence electrons. The standard InChI is InChI=1S/C10H9ClF2N2O2/c11-4-3-9(16)15-10(17)14-8-5-6(12)1-2-7(8)13/h1-2,5H,3-4H2,(H2,14,15,16,17). The van der Waals surface area contributed by atoms with Gasteiger partial charge in [-0.3, -0.25) is 10.1 Å². The lowest BCUT2D eigenvalue weighted by Crippen LogP contribution is -2.34. The monoisotopic (exact) mass is 262 g/mol. The molecule has 1 rings (SSSR count). The molecule has 2 N–H and O–H groups in total. The summed E-state index contributed by atoms with van der Waals surface area (Å²) >= 11 is 5.28. The summed E-state index contributed by atoms with van der Waals surface area (Å²) in [5, 5.41) is 3.92. The zero-order chi connectivity index (χ0) is 12.8. The van der Waals surface area contributed by atoms with Crippen molar-refractivity contribution in [1.29, 1.82) is 0 Å². The van der Waals surface area contributed by atoms with Gasteiger partial charge in [0.05, 0.1) is 5.69 Å². The van der Waals surface area contributed by atoms with E-state index < -0.39 is 23.6 Å². The quantitative estimate of drug-likeness (QED) is 0.821. The van der Waals surface area contributed by atoms with E-state index in [2.05, 4.69) is 0 Å². The van der Waals surface area contributed by atoms with E-state index >= 15 is 0 Å². The number of anilines is 1. The maximum atomic E-state index is 13.1. The number of benzene rings is 1. The van der Waals surface area contributed by atoms with Gasteiger partial charge >= 0.3 is 6.03 Å². The van der Waals surface area contributed by atoms with Gasteiger partial charge in [0.2, 0.25) is 5.91 Å². The van der Waals surface area contributed by atoms with E-state index in [0.717, 1.165) is 18.2 Å². The minimum atomic E-state index is -0.940. The minimum Gasteiger partial charge on any atom is -0.305 e. The van der Waals surface area contributed by atoms with Crippen LogP contribution in [0.1, 0.15) is 6.42 Å². The van der Waals surface area contributed by atoms with Gasteiger partial charge in [-0.1, -0.05) is 0 Å². The second-order valence-electron chi connectivity index (χ2n) is 3.07. The normalized spacial score (nSPS) is 9.82. The molecule has 0 bridgehead atoms. The lowest BCUT2D eigenvalue weighted by atomic mass is 10.3. The number of hydrogen-bond donors (Lipinski definition) is 2. The Hall–Kier alpha value is -1.69. The van der Waals surface area contributed by atoms with Crippen LogP contribution in [0.25, 0.3) is 0 Å². The highest BCUT2D eigenvalue weighted by atomic mass is 35.5. The van der Waals surface area contributed by atoms with Crippen LogP contribution in [-0.4, -0.2) is 17.8 Å². The summed E-state index contributed by atoms with van der Waals surface area (Å²) in [6.07, 6.45) is -0.0411. The molecular weight excluding hydrogens is 254 g/mol. The van der Waals surface area contributed by atoms with Crippen molar-refractivity contribution in [2.45, 2.75) is 6.42 Å². The van der Waals surface area contributed by atoms with E-state index in [1.165, 1.54) is 0 Å². The number of amides is 3. The van der Waals surface area contributed by atoms with Crippen molar-refractivity contribution in [3.63, 3.8) is 0 Å². The Kier molecular flexibility index (Phi) is 4.84. The molecule has 3 amide bonds. The number of urea groups is 1. The summed E-state index contributed by atoms with van der Waals surface area (Å²) in [6.45, 7) is 0. The Morgan fingerprint density at radius 2 is 2.00 bits per heavy atom. The van der Waals surface area contributed by atoms with E-state index in [1.54, 1.807) is 0 Å². The number of rotatable bonds is 3. The Morgan fingerprint density at radius 3 is 2.65 bits per heavy atom. The summed E-state index contributed by atoms with van der Waals surface area (Å²) in [6, 6.07) is 1.65. The van der Waals surface area contributed by atoms with E-state index in [0.29, 0.717) is 0 Å². The topological polar surface area (TPSA) is 58.2 Å². The number of nitrogens with one attached hydrogen (secondary N) is 2. The molecular formula is C10H9ClF2N2O2. The molecule has 0 radical (unpaired) electrons. The van der Waals surface area contributed by atoms with Crippen LogP contribution in [0.15, 0.2) is 18.2 Å². The molecule has 0 atom stereocenters. The van der Waals surface area contributed by atoms with E-state index in [1.807, 2.05) is 10.6 Å². The fraction of sp³-hybridized carbons (Fsp3) is 0.200. The summed E-state index contributed by atoms with van der Waals surface area (Å²) in [5.41, 5.74) is -0.346. The second-order valence-corrected chi connectivity index (χ2v) is 3.44. The highest BCUT2D eigenvalue weighted by Crippen LogP contribution is 2.14. The molecule has 4 nitrogen and oxygen atoms in total. The molecule has 17 heavy (non-hydrogen) atoms. The first-order valence-electron chi connectivity index (χ1n) is 4.65. The number of hydrogen-bond acceptors (Lipinski definition) is 2. The maximum Gasteiger partial charge on any atom is 0.325 e. The van der Waals surface area contributed by atoms with Crippen molar-refractivity contribution < 1.29 is 18.4 Å². The molecule has 0 aromatic heterocycles. The first-order valence-corrected chi connectivity index (χ1v) is 5.18. The van der Waals surface area contributed by atoms with E-state index in [-0.39, 0.29) is 18.0 Å². The Bertz CT molecular complexity index is 440. The zero-order valence-corrected chi connectivity index (χ0v) is 9.35. The molecule has 0 saturated heterocycles. The number of carbonyl (C=O) groups excluding carboxylic acids is 2. The Morgan fingerprint density at radius 1 is 1.29 bits per heavy atom. The smallest absolute Gasteiger partial charge is 0.305 e. The average Bonchev–Trinajstić information content (AvgIpc) is 2.23. The maximum absolute atomic E-state index is 13.1. The van der Waals surface area contributed by atoms with Gasteiger partial charge in [-0.2, -0.15) is 0 Å². The molecule has 7 heteroatoms. The number of alkyl halides is 1. The summed E-state index contributed by atoms with van der Waals surface area (Å²) in [5.74, 6) is -2.04. The van der Waals surface area contributed by atoms with Crippen LogP contribution in [0, 0.1) is 11.6 Å². The molecule has 0 saturated carbocycles. The van der Waals surface area contributed by atoms with Gasteiger partial charge in [-0.25, -0.2) is 13.6 Å². The predicted molar refractivity (Wildman–Crippen MR) is 58.9 cm³/mol. The molecule has 1 aromatic carbocycles. The Balaban J connectivity index is 2.62. The number of halogens is 3. The largest absolute Gasteiger partial charge is 0.325 e. The van der Waals surface area contributed by atoms with Gasteiger partial charge in [0.1, 0.15) is 11.6 Å². The number of carbonyl (C=O) groups is 2. The molecule has 0 aliphatic rings. The van der Waals surface area contributed by atoms with Gasteiger partial charge < -0.3 is 5.32 Å². The van der Waals surface area contributed by atoms with Gasteiger partial charge in [-0.15, -0.1) is 11.6 Å². The first-order chi connectivity index (χ1) is 8.02. The van der Waals surface area contributed by atoms with Crippen molar-refractivity contribution in [3.8, 4) is 0 Å². The van der Waals surface area contributed by atoms with Crippen LogP contribution in [0.2, 0.25) is 0 Å². The van der Waals surface area contributed by atoms with Crippen molar-refractivity contribution in [2.24, 2.45) is 0 Å². The van der Waals surface area contributed by atoms with Gasteiger partial charge in [0.25, 0.3) is 0 Å². The van der Waals surface area contributed by atoms with E-state index in [4.69, 9.17) is 11.6 Å². The summed E-state index contributed by atoms with van der Waals surface area (Å²) in [4.78, 5) is 22.2. The first kappa shape index (κ1) is 13.4.